The van der Waals surface area contributed by atoms with Gasteiger partial charge in [0.25, 0.3) is 0 Å². The summed E-state index contributed by atoms with van der Waals surface area (Å²) in [6, 6.07) is -1.66. The molecule has 4 heterocycles. The Balaban J connectivity index is 1.51. The van der Waals surface area contributed by atoms with Gasteiger partial charge < -0.3 is 20.4 Å². The number of rotatable bonds is 4. The van der Waals surface area contributed by atoms with E-state index >= 15 is 0 Å². The molecule has 0 spiro atoms. The molecule has 13 heteroatoms. The summed E-state index contributed by atoms with van der Waals surface area (Å²) in [4.78, 5) is 13.8. The van der Waals surface area contributed by atoms with Gasteiger partial charge in [-0.15, -0.1) is 14.5 Å². The fourth-order valence-electron chi connectivity index (χ4n) is 3.56. The van der Waals surface area contributed by atoms with Gasteiger partial charge in [0.15, 0.2) is 0 Å². The molecule has 3 fully saturated rings. The Bertz CT molecular complexity index is 783. The van der Waals surface area contributed by atoms with E-state index in [1.807, 2.05) is 0 Å². The molecule has 0 radical (unpaired) electrons. The maximum Gasteiger partial charge on any atom is 0.418 e. The zero-order valence-electron chi connectivity index (χ0n) is 13.1. The number of nitrogens with one attached hydrogen (secondary N) is 1. The molecule has 138 valence electrons. The van der Waals surface area contributed by atoms with Crippen LogP contribution in [0.3, 0.4) is 0 Å². The predicted molar refractivity (Wildman–Crippen MR) is 80.0 cm³/mol. The highest BCUT2D eigenvalue weighted by molar-refractivity contribution is 7.80. The summed E-state index contributed by atoms with van der Waals surface area (Å²) in [6.45, 7) is 0.920. The number of amides is 2. The molecule has 4 N–H and O–H groups in total. The summed E-state index contributed by atoms with van der Waals surface area (Å²) in [5, 5.41) is 12.0. The normalized spacial score (nSPS) is 32.6. The average Bonchev–Trinajstić information content (AvgIpc) is 3.23. The van der Waals surface area contributed by atoms with Crippen LogP contribution in [-0.2, 0) is 14.7 Å². The number of fused-ring (bicyclic) bond motifs is 2. The van der Waals surface area contributed by atoms with Crippen LogP contribution in [0.1, 0.15) is 43.1 Å². The van der Waals surface area contributed by atoms with Crippen LogP contribution >= 0.6 is 0 Å². The molecule has 4 atom stereocenters. The predicted octanol–water partition coefficient (Wildman–Crippen LogP) is -0.893. The molecule has 0 aromatic carbocycles. The minimum atomic E-state index is -4.77. The average molecular weight is 374 g/mol. The van der Waals surface area contributed by atoms with E-state index in [0.29, 0.717) is 36.8 Å². The number of piperidine rings is 1. The second-order valence-electron chi connectivity index (χ2n) is 6.45. The van der Waals surface area contributed by atoms with Crippen molar-refractivity contribution in [1.82, 2.24) is 25.5 Å². The Hall–Kier alpha value is -1.80. The third-order valence-corrected chi connectivity index (χ3v) is 5.05. The van der Waals surface area contributed by atoms with E-state index in [4.69, 9.17) is 14.7 Å². The Morgan fingerprint density at radius 1 is 1.32 bits per heavy atom. The van der Waals surface area contributed by atoms with Gasteiger partial charge >= 0.3 is 16.4 Å². The lowest BCUT2D eigenvalue weighted by molar-refractivity contribution is -0.0317. The molecule has 3 aliphatic heterocycles. The van der Waals surface area contributed by atoms with Crippen LogP contribution in [0.25, 0.3) is 0 Å². The minimum Gasteiger partial charge on any atom is -0.421 e. The van der Waals surface area contributed by atoms with E-state index in [2.05, 4.69) is 19.8 Å². The lowest BCUT2D eigenvalue weighted by Gasteiger charge is -2.27. The summed E-state index contributed by atoms with van der Waals surface area (Å²) in [7, 11) is -4.77. The van der Waals surface area contributed by atoms with E-state index in [0.717, 1.165) is 0 Å². The lowest BCUT2D eigenvalue weighted by atomic mass is 10.0. The quantitative estimate of drug-likeness (QED) is 0.563. The van der Waals surface area contributed by atoms with Crippen LogP contribution in [-0.4, -0.2) is 64.3 Å². The number of hydrogen-bond acceptors (Lipinski definition) is 9. The summed E-state index contributed by atoms with van der Waals surface area (Å²) >= 11 is 0. The monoisotopic (exact) mass is 374 g/mol. The molecule has 4 rings (SSSR count). The molecule has 1 aromatic rings. The van der Waals surface area contributed by atoms with Crippen molar-refractivity contribution in [3.8, 4) is 0 Å². The van der Waals surface area contributed by atoms with Gasteiger partial charge in [-0.25, -0.2) is 4.79 Å². The maximum atomic E-state index is 12.4. The topological polar surface area (TPSA) is 164 Å². The van der Waals surface area contributed by atoms with Crippen molar-refractivity contribution in [2.75, 3.05) is 13.1 Å². The Morgan fingerprint density at radius 2 is 2.08 bits per heavy atom. The number of hydroxylamine groups is 2. The van der Waals surface area contributed by atoms with Gasteiger partial charge in [-0.2, -0.15) is 13.5 Å². The molecule has 1 unspecified atom stereocenters. The molecule has 1 aromatic heterocycles. The fraction of sp³-hybridized carbons (Fsp3) is 0.750. The highest BCUT2D eigenvalue weighted by atomic mass is 32.3. The number of hydrogen-bond donors (Lipinski definition) is 3. The van der Waals surface area contributed by atoms with Crippen LogP contribution in [0.4, 0.5) is 4.79 Å². The first-order valence-corrected chi connectivity index (χ1v) is 9.27. The van der Waals surface area contributed by atoms with Crippen LogP contribution in [0.5, 0.6) is 0 Å². The van der Waals surface area contributed by atoms with Gasteiger partial charge in [-0.1, -0.05) is 0 Å². The Labute approximate surface area is 143 Å². The highest BCUT2D eigenvalue weighted by Crippen LogP contribution is 2.38. The minimum absolute atomic E-state index is 0.0297. The smallest absolute Gasteiger partial charge is 0.418 e. The van der Waals surface area contributed by atoms with Crippen molar-refractivity contribution in [3.63, 3.8) is 0 Å². The van der Waals surface area contributed by atoms with E-state index in [1.165, 1.54) is 4.90 Å². The largest absolute Gasteiger partial charge is 0.421 e. The lowest BCUT2D eigenvalue weighted by Crippen LogP contribution is -2.35. The zero-order valence-corrected chi connectivity index (χ0v) is 13.9. The second kappa shape index (κ2) is 5.88. The highest BCUT2D eigenvalue weighted by Gasteiger charge is 2.49. The molecule has 2 amide bonds. The summed E-state index contributed by atoms with van der Waals surface area (Å²) in [6.07, 6.45) is 1.68. The van der Waals surface area contributed by atoms with Crippen molar-refractivity contribution in [2.45, 2.75) is 43.4 Å². The van der Waals surface area contributed by atoms with Crippen LogP contribution < -0.4 is 11.1 Å². The van der Waals surface area contributed by atoms with Gasteiger partial charge in [0.2, 0.25) is 11.8 Å². The van der Waals surface area contributed by atoms with Gasteiger partial charge in [0, 0.05) is 19.1 Å². The Kier molecular flexibility index (Phi) is 3.92. The maximum absolute atomic E-state index is 12.4. The molecule has 12 nitrogen and oxygen atoms in total. The standard InChI is InChI=1S/C12H18N6O6S/c13-6-3-8(14-4-6)10-15-16-11(23-10)9-2-1-7-5-17(9)12(19)18(7)24-25(20,21)22/h6-9,14H,1-5,13H2,(H,20,21,22)/t6-,7-,8?,9+/m1/s1. The summed E-state index contributed by atoms with van der Waals surface area (Å²) < 4.78 is 40.8. The van der Waals surface area contributed by atoms with Gasteiger partial charge in [-0.05, 0) is 19.3 Å². The molecule has 3 aliphatic rings. The van der Waals surface area contributed by atoms with Crippen molar-refractivity contribution < 1.29 is 26.5 Å². The third kappa shape index (κ3) is 3.08. The molecule has 25 heavy (non-hydrogen) atoms. The van der Waals surface area contributed by atoms with Crippen LogP contribution in [0.2, 0.25) is 0 Å². The molecule has 2 bridgehead atoms. The van der Waals surface area contributed by atoms with Crippen molar-refractivity contribution >= 4 is 16.4 Å². The summed E-state index contributed by atoms with van der Waals surface area (Å²) in [5.41, 5.74) is 5.85. The number of carbonyl (C=O) groups excluding carboxylic acids is 1. The summed E-state index contributed by atoms with van der Waals surface area (Å²) in [5.74, 6) is 0.709. The number of nitrogens with zero attached hydrogens (tertiary/aromatic N) is 4. The molecule has 0 saturated carbocycles. The van der Waals surface area contributed by atoms with E-state index in [1.54, 1.807) is 0 Å². The van der Waals surface area contributed by atoms with E-state index < -0.39 is 28.5 Å². The zero-order chi connectivity index (χ0) is 17.8. The molecular formula is C12H18N6O6S. The number of carbonyl (C=O) groups is 1. The van der Waals surface area contributed by atoms with E-state index in [-0.39, 0.29) is 24.5 Å². The molecule has 3 saturated heterocycles. The fourth-order valence-corrected chi connectivity index (χ4v) is 3.95. The SMILES string of the molecule is N[C@H]1CNC(c2nnc([C@@H]3CC[C@@H]4CN3C(=O)N4OS(=O)(=O)O)o2)C1. The first-order chi connectivity index (χ1) is 11.8. The van der Waals surface area contributed by atoms with E-state index in [9.17, 15) is 13.2 Å². The molecule has 0 aliphatic carbocycles. The first-order valence-electron chi connectivity index (χ1n) is 7.91. The second-order valence-corrected chi connectivity index (χ2v) is 7.45. The van der Waals surface area contributed by atoms with Crippen molar-refractivity contribution in [2.24, 2.45) is 5.73 Å². The van der Waals surface area contributed by atoms with Crippen LogP contribution in [0.15, 0.2) is 4.42 Å². The first kappa shape index (κ1) is 16.7. The van der Waals surface area contributed by atoms with Gasteiger partial charge in [0.1, 0.15) is 6.04 Å². The van der Waals surface area contributed by atoms with Gasteiger partial charge in [0.05, 0.1) is 12.1 Å². The van der Waals surface area contributed by atoms with Crippen LogP contribution in [0, 0.1) is 0 Å². The Morgan fingerprint density at radius 3 is 2.76 bits per heavy atom. The number of nitrogens with two attached hydrogens (primary N) is 1. The van der Waals surface area contributed by atoms with Gasteiger partial charge in [-0.3, -0.25) is 4.55 Å². The third-order valence-electron chi connectivity index (χ3n) is 4.70. The number of urea groups is 1. The van der Waals surface area contributed by atoms with Crippen molar-refractivity contribution in [3.05, 3.63) is 11.8 Å². The van der Waals surface area contributed by atoms with Crippen molar-refractivity contribution in [1.29, 1.82) is 0 Å². The molecular weight excluding hydrogens is 356 g/mol. The number of aromatic nitrogens is 2.